The minimum absolute atomic E-state index is 0.716. The van der Waals surface area contributed by atoms with Gasteiger partial charge in [-0.3, -0.25) is 9.97 Å². The molecule has 2 N–H and O–H groups in total. The zero-order valence-corrected chi connectivity index (χ0v) is 12.4. The number of nitrogens with two attached hydrogens (primary N) is 1. The van der Waals surface area contributed by atoms with Crippen LogP contribution in [0.3, 0.4) is 0 Å². The van der Waals surface area contributed by atoms with Gasteiger partial charge in [0.2, 0.25) is 0 Å². The number of fused-ring (bicyclic) bond motifs is 1. The predicted octanol–water partition coefficient (Wildman–Crippen LogP) is 4.14. The smallest absolute Gasteiger partial charge is 0.0966 e. The third-order valence-corrected chi connectivity index (χ3v) is 3.77. The minimum atomic E-state index is 0.716. The van der Waals surface area contributed by atoms with Crippen molar-refractivity contribution in [2.75, 3.05) is 5.73 Å². The number of rotatable bonds is 3. The lowest BCUT2D eigenvalue weighted by molar-refractivity contribution is 0.913. The van der Waals surface area contributed by atoms with E-state index >= 15 is 0 Å². The molecule has 0 atom stereocenters. The molecule has 1 aromatic heterocycles. The van der Waals surface area contributed by atoms with E-state index in [1.807, 2.05) is 12.1 Å². The number of aryl methyl sites for hydroxylation is 2. The molecule has 0 aliphatic carbocycles. The molecule has 3 nitrogen and oxygen atoms in total. The monoisotopic (exact) mass is 277 g/mol. The van der Waals surface area contributed by atoms with Crippen LogP contribution < -0.4 is 5.73 Å². The summed E-state index contributed by atoms with van der Waals surface area (Å²) >= 11 is 0. The predicted molar refractivity (Wildman–Crippen MR) is 88.1 cm³/mol. The second-order valence-electron chi connectivity index (χ2n) is 5.38. The van der Waals surface area contributed by atoms with Crippen LogP contribution in [0.15, 0.2) is 42.7 Å². The summed E-state index contributed by atoms with van der Waals surface area (Å²) in [5.41, 5.74) is 13.4. The van der Waals surface area contributed by atoms with Gasteiger partial charge in [-0.15, -0.1) is 0 Å². The topological polar surface area (TPSA) is 51.8 Å². The standard InChI is InChI=1S/C18H19N3/c1-3-4-13-5-6-14(9-12(13)2)16-10-15(19)11-17-18(16)21-8-7-20-17/h5-11H,3-4,19H2,1-2H3. The first kappa shape index (κ1) is 13.6. The third-order valence-electron chi connectivity index (χ3n) is 3.77. The fraction of sp³-hybridized carbons (Fsp3) is 0.222. The highest BCUT2D eigenvalue weighted by atomic mass is 14.8. The van der Waals surface area contributed by atoms with Crippen LogP contribution in [-0.2, 0) is 6.42 Å². The molecule has 3 rings (SSSR count). The number of aromatic nitrogens is 2. The van der Waals surface area contributed by atoms with E-state index < -0.39 is 0 Å². The van der Waals surface area contributed by atoms with Gasteiger partial charge in [-0.05, 0) is 42.2 Å². The van der Waals surface area contributed by atoms with Crippen molar-refractivity contribution in [1.82, 2.24) is 9.97 Å². The molecular weight excluding hydrogens is 258 g/mol. The van der Waals surface area contributed by atoms with Gasteiger partial charge in [0.05, 0.1) is 11.0 Å². The maximum absolute atomic E-state index is 6.01. The van der Waals surface area contributed by atoms with E-state index in [1.54, 1.807) is 12.4 Å². The fourth-order valence-electron chi connectivity index (χ4n) is 2.73. The average molecular weight is 277 g/mol. The van der Waals surface area contributed by atoms with Crippen LogP contribution in [0.4, 0.5) is 5.69 Å². The maximum atomic E-state index is 6.01. The molecule has 1 heterocycles. The van der Waals surface area contributed by atoms with Crippen LogP contribution in [0.25, 0.3) is 22.2 Å². The molecule has 0 saturated heterocycles. The lowest BCUT2D eigenvalue weighted by Gasteiger charge is -2.10. The second kappa shape index (κ2) is 5.52. The summed E-state index contributed by atoms with van der Waals surface area (Å²) in [6.07, 6.45) is 5.69. The van der Waals surface area contributed by atoms with Crippen LogP contribution >= 0.6 is 0 Å². The van der Waals surface area contributed by atoms with Crippen molar-refractivity contribution in [3.05, 3.63) is 53.9 Å². The summed E-state index contributed by atoms with van der Waals surface area (Å²) in [4.78, 5) is 8.82. The van der Waals surface area contributed by atoms with Crippen molar-refractivity contribution < 1.29 is 0 Å². The molecule has 0 spiro atoms. The van der Waals surface area contributed by atoms with Crippen LogP contribution in [-0.4, -0.2) is 9.97 Å². The normalized spacial score (nSPS) is 11.0. The van der Waals surface area contributed by atoms with Gasteiger partial charge >= 0.3 is 0 Å². The van der Waals surface area contributed by atoms with Crippen LogP contribution in [0, 0.1) is 6.92 Å². The maximum Gasteiger partial charge on any atom is 0.0966 e. The number of hydrogen-bond acceptors (Lipinski definition) is 3. The molecule has 0 aliphatic heterocycles. The van der Waals surface area contributed by atoms with E-state index in [1.165, 1.54) is 11.1 Å². The Morgan fingerprint density at radius 2 is 1.86 bits per heavy atom. The van der Waals surface area contributed by atoms with E-state index in [0.717, 1.165) is 35.0 Å². The van der Waals surface area contributed by atoms with Crippen LogP contribution in [0.5, 0.6) is 0 Å². The summed E-state index contributed by atoms with van der Waals surface area (Å²) in [6.45, 7) is 4.36. The number of nitrogen functional groups attached to an aromatic ring is 1. The molecule has 3 heteroatoms. The number of benzene rings is 2. The molecule has 0 saturated carbocycles. The van der Waals surface area contributed by atoms with Gasteiger partial charge in [0.1, 0.15) is 0 Å². The first-order valence-electron chi connectivity index (χ1n) is 7.29. The summed E-state index contributed by atoms with van der Waals surface area (Å²) in [5, 5.41) is 0. The van der Waals surface area contributed by atoms with Gasteiger partial charge < -0.3 is 5.73 Å². The van der Waals surface area contributed by atoms with E-state index in [9.17, 15) is 0 Å². The largest absolute Gasteiger partial charge is 0.399 e. The quantitative estimate of drug-likeness (QED) is 0.732. The lowest BCUT2D eigenvalue weighted by Crippen LogP contribution is -1.94. The van der Waals surface area contributed by atoms with Crippen LogP contribution in [0.2, 0.25) is 0 Å². The summed E-state index contributed by atoms with van der Waals surface area (Å²) < 4.78 is 0. The number of anilines is 1. The fourth-order valence-corrected chi connectivity index (χ4v) is 2.73. The molecule has 0 fully saturated rings. The van der Waals surface area contributed by atoms with Crippen molar-refractivity contribution in [3.8, 4) is 11.1 Å². The molecule has 3 aromatic rings. The van der Waals surface area contributed by atoms with Crippen molar-refractivity contribution >= 4 is 16.7 Å². The van der Waals surface area contributed by atoms with Gasteiger partial charge in [0, 0.05) is 23.6 Å². The SMILES string of the molecule is CCCc1ccc(-c2cc(N)cc3nccnc23)cc1C. The first-order valence-corrected chi connectivity index (χ1v) is 7.29. The van der Waals surface area contributed by atoms with Crippen molar-refractivity contribution in [2.24, 2.45) is 0 Å². The second-order valence-corrected chi connectivity index (χ2v) is 5.38. The molecule has 0 unspecified atom stereocenters. The average Bonchev–Trinajstić information content (AvgIpc) is 2.48. The zero-order valence-electron chi connectivity index (χ0n) is 12.4. The van der Waals surface area contributed by atoms with Gasteiger partial charge in [-0.1, -0.05) is 31.5 Å². The van der Waals surface area contributed by atoms with Crippen molar-refractivity contribution in [1.29, 1.82) is 0 Å². The van der Waals surface area contributed by atoms with Gasteiger partial charge in [0.15, 0.2) is 0 Å². The van der Waals surface area contributed by atoms with E-state index in [4.69, 9.17) is 5.73 Å². The molecule has 0 aliphatic rings. The Bertz CT molecular complexity index is 794. The van der Waals surface area contributed by atoms with Crippen molar-refractivity contribution in [2.45, 2.75) is 26.7 Å². The first-order chi connectivity index (χ1) is 10.2. The molecule has 0 radical (unpaired) electrons. The molecular formula is C18H19N3. The van der Waals surface area contributed by atoms with E-state index in [-0.39, 0.29) is 0 Å². The lowest BCUT2D eigenvalue weighted by atomic mass is 9.96. The van der Waals surface area contributed by atoms with E-state index in [2.05, 4.69) is 42.0 Å². The van der Waals surface area contributed by atoms with Crippen LogP contribution in [0.1, 0.15) is 24.5 Å². The number of nitrogens with zero attached hydrogens (tertiary/aromatic N) is 2. The highest BCUT2D eigenvalue weighted by Crippen LogP contribution is 2.30. The van der Waals surface area contributed by atoms with Gasteiger partial charge in [-0.2, -0.15) is 0 Å². The highest BCUT2D eigenvalue weighted by molar-refractivity contribution is 5.94. The Morgan fingerprint density at radius 3 is 2.62 bits per heavy atom. The molecule has 106 valence electrons. The highest BCUT2D eigenvalue weighted by Gasteiger charge is 2.09. The summed E-state index contributed by atoms with van der Waals surface area (Å²) in [7, 11) is 0. The Kier molecular flexibility index (Phi) is 3.57. The van der Waals surface area contributed by atoms with Crippen molar-refractivity contribution in [3.63, 3.8) is 0 Å². The van der Waals surface area contributed by atoms with E-state index in [0.29, 0.717) is 5.69 Å². The zero-order chi connectivity index (χ0) is 14.8. The summed E-state index contributed by atoms with van der Waals surface area (Å²) in [6, 6.07) is 10.4. The third kappa shape index (κ3) is 2.59. The molecule has 2 aromatic carbocycles. The Hall–Kier alpha value is -2.42. The molecule has 0 bridgehead atoms. The number of hydrogen-bond donors (Lipinski definition) is 1. The Labute approximate surface area is 124 Å². The van der Waals surface area contributed by atoms with Gasteiger partial charge in [-0.25, -0.2) is 0 Å². The Balaban J connectivity index is 2.18. The Morgan fingerprint density at radius 1 is 1.05 bits per heavy atom. The molecule has 0 amide bonds. The molecule has 21 heavy (non-hydrogen) atoms. The van der Waals surface area contributed by atoms with Gasteiger partial charge in [0.25, 0.3) is 0 Å². The summed E-state index contributed by atoms with van der Waals surface area (Å²) in [5.74, 6) is 0. The minimum Gasteiger partial charge on any atom is -0.399 e.